The van der Waals surface area contributed by atoms with Crippen molar-refractivity contribution in [1.82, 2.24) is 14.9 Å². The number of nitrogens with zero attached hydrogens (tertiary/aromatic N) is 2. The van der Waals surface area contributed by atoms with Crippen molar-refractivity contribution < 1.29 is 14.7 Å². The van der Waals surface area contributed by atoms with E-state index in [1.165, 1.54) is 4.57 Å². The second-order valence-electron chi connectivity index (χ2n) is 7.80. The van der Waals surface area contributed by atoms with Crippen LogP contribution in [0.1, 0.15) is 39.4 Å². The van der Waals surface area contributed by atoms with Gasteiger partial charge in [0.25, 0.3) is 11.8 Å². The van der Waals surface area contributed by atoms with Crippen molar-refractivity contribution in [3.63, 3.8) is 0 Å². The number of fused-ring (bicyclic) bond motifs is 3. The molecule has 6 nitrogen and oxygen atoms in total. The molecule has 32 heavy (non-hydrogen) atoms. The van der Waals surface area contributed by atoms with Crippen LogP contribution in [0.15, 0.2) is 90.7 Å². The summed E-state index contributed by atoms with van der Waals surface area (Å²) in [5, 5.41) is 13.7. The van der Waals surface area contributed by atoms with E-state index in [4.69, 9.17) is 0 Å². The third-order valence-corrected chi connectivity index (χ3v) is 5.80. The monoisotopic (exact) mass is 423 g/mol. The van der Waals surface area contributed by atoms with E-state index in [2.05, 4.69) is 10.3 Å². The zero-order chi connectivity index (χ0) is 22.2. The standard InChI is InChI=1S/C26H21N3O3/c1-16(30)21-22(17-10-4-2-5-11-17)23(28-25(31)18-12-6-3-7-13-18)26(32)29-20-15-9-8-14-19(20)27-24(21)29/h2-15,22-23,30H,1H3,(H,28,31)/t22-,23+/m1/s1. The van der Waals surface area contributed by atoms with Gasteiger partial charge in [0.2, 0.25) is 0 Å². The third-order valence-electron chi connectivity index (χ3n) is 5.80. The molecule has 6 heteroatoms. The average molecular weight is 423 g/mol. The number of aliphatic hydroxyl groups excluding tert-OH is 1. The summed E-state index contributed by atoms with van der Waals surface area (Å²) in [4.78, 5) is 31.5. The van der Waals surface area contributed by atoms with Gasteiger partial charge in [-0.15, -0.1) is 0 Å². The number of allylic oxidation sites excluding steroid dienone is 1. The second kappa shape index (κ2) is 7.81. The Bertz CT molecular complexity index is 1350. The molecule has 0 fully saturated rings. The van der Waals surface area contributed by atoms with Gasteiger partial charge in [-0.3, -0.25) is 14.2 Å². The summed E-state index contributed by atoms with van der Waals surface area (Å²) in [5.74, 6) is -0.785. The highest BCUT2D eigenvalue weighted by Gasteiger charge is 2.43. The first-order chi connectivity index (χ1) is 15.6. The van der Waals surface area contributed by atoms with E-state index in [1.54, 1.807) is 31.2 Å². The Morgan fingerprint density at radius 3 is 2.25 bits per heavy atom. The lowest BCUT2D eigenvalue weighted by molar-refractivity contribution is 0.0790. The van der Waals surface area contributed by atoms with Crippen molar-refractivity contribution in [2.45, 2.75) is 18.9 Å². The Balaban J connectivity index is 1.72. The predicted octanol–water partition coefficient (Wildman–Crippen LogP) is 4.56. The van der Waals surface area contributed by atoms with Gasteiger partial charge >= 0.3 is 0 Å². The fraction of sp³-hybridized carbons (Fsp3) is 0.115. The minimum absolute atomic E-state index is 0.0573. The number of imidazole rings is 1. The average Bonchev–Trinajstić information content (AvgIpc) is 3.21. The smallest absolute Gasteiger partial charge is 0.256 e. The Labute approximate surface area is 184 Å². The van der Waals surface area contributed by atoms with E-state index in [-0.39, 0.29) is 17.6 Å². The van der Waals surface area contributed by atoms with Crippen molar-refractivity contribution in [3.8, 4) is 0 Å². The van der Waals surface area contributed by atoms with Crippen LogP contribution in [-0.4, -0.2) is 32.5 Å². The van der Waals surface area contributed by atoms with Gasteiger partial charge in [0.1, 0.15) is 11.9 Å². The number of hydrogen-bond acceptors (Lipinski definition) is 4. The van der Waals surface area contributed by atoms with Crippen LogP contribution in [0.4, 0.5) is 0 Å². The fourth-order valence-corrected chi connectivity index (χ4v) is 4.38. The molecule has 0 saturated carbocycles. The quantitative estimate of drug-likeness (QED) is 0.473. The third kappa shape index (κ3) is 3.17. The van der Waals surface area contributed by atoms with Crippen molar-refractivity contribution in [3.05, 3.63) is 108 Å². The zero-order valence-electron chi connectivity index (χ0n) is 17.4. The van der Waals surface area contributed by atoms with Crippen molar-refractivity contribution in [2.75, 3.05) is 0 Å². The Morgan fingerprint density at radius 2 is 1.56 bits per heavy atom. The Kier molecular flexibility index (Phi) is 4.82. The molecule has 2 heterocycles. The van der Waals surface area contributed by atoms with Crippen molar-refractivity contribution >= 4 is 28.4 Å². The molecule has 0 radical (unpaired) electrons. The van der Waals surface area contributed by atoms with Crippen LogP contribution in [0.25, 0.3) is 16.6 Å². The highest BCUT2D eigenvalue weighted by atomic mass is 16.3. The van der Waals surface area contributed by atoms with E-state index in [0.717, 1.165) is 5.56 Å². The predicted molar refractivity (Wildman–Crippen MR) is 122 cm³/mol. The number of hydrogen-bond donors (Lipinski definition) is 2. The van der Waals surface area contributed by atoms with Gasteiger partial charge in [0, 0.05) is 17.1 Å². The summed E-state index contributed by atoms with van der Waals surface area (Å²) in [5.41, 5.74) is 3.07. The van der Waals surface area contributed by atoms with Crippen LogP contribution in [0.2, 0.25) is 0 Å². The van der Waals surface area contributed by atoms with E-state index in [0.29, 0.717) is 28.0 Å². The highest BCUT2D eigenvalue weighted by molar-refractivity contribution is 6.05. The minimum atomic E-state index is -0.924. The molecule has 5 rings (SSSR count). The van der Waals surface area contributed by atoms with Crippen LogP contribution >= 0.6 is 0 Å². The van der Waals surface area contributed by atoms with E-state index >= 15 is 0 Å². The molecule has 0 saturated heterocycles. The summed E-state index contributed by atoms with van der Waals surface area (Å²) >= 11 is 0. The molecule has 158 valence electrons. The van der Waals surface area contributed by atoms with Crippen molar-refractivity contribution in [1.29, 1.82) is 0 Å². The normalized spacial score (nSPS) is 19.5. The van der Waals surface area contributed by atoms with Crippen LogP contribution in [0.3, 0.4) is 0 Å². The lowest BCUT2D eigenvalue weighted by Crippen LogP contribution is -2.50. The van der Waals surface area contributed by atoms with Gasteiger partial charge in [-0.05, 0) is 36.8 Å². The van der Waals surface area contributed by atoms with Gasteiger partial charge in [0.05, 0.1) is 16.8 Å². The zero-order valence-corrected chi connectivity index (χ0v) is 17.4. The van der Waals surface area contributed by atoms with Crippen LogP contribution < -0.4 is 5.32 Å². The van der Waals surface area contributed by atoms with E-state index in [1.807, 2.05) is 60.7 Å². The van der Waals surface area contributed by atoms with Crippen LogP contribution in [-0.2, 0) is 0 Å². The van der Waals surface area contributed by atoms with E-state index < -0.39 is 12.0 Å². The molecule has 3 aromatic carbocycles. The molecule has 1 aromatic heterocycles. The maximum Gasteiger partial charge on any atom is 0.256 e. The maximum absolute atomic E-state index is 13.8. The lowest BCUT2D eigenvalue weighted by atomic mass is 9.80. The molecule has 0 aliphatic carbocycles. The van der Waals surface area contributed by atoms with Gasteiger partial charge in [-0.1, -0.05) is 60.7 Å². The number of amides is 1. The molecule has 2 atom stereocenters. The van der Waals surface area contributed by atoms with Crippen molar-refractivity contribution in [2.24, 2.45) is 0 Å². The van der Waals surface area contributed by atoms with Crippen LogP contribution in [0.5, 0.6) is 0 Å². The summed E-state index contributed by atoms with van der Waals surface area (Å²) in [6.45, 7) is 1.58. The maximum atomic E-state index is 13.8. The van der Waals surface area contributed by atoms with Gasteiger partial charge in [0.15, 0.2) is 0 Å². The lowest BCUT2D eigenvalue weighted by Gasteiger charge is -2.34. The molecular formula is C26H21N3O3. The second-order valence-corrected chi connectivity index (χ2v) is 7.80. The summed E-state index contributed by atoms with van der Waals surface area (Å²) in [6.07, 6.45) is 0. The van der Waals surface area contributed by atoms with Gasteiger partial charge in [-0.2, -0.15) is 0 Å². The van der Waals surface area contributed by atoms with Gasteiger partial charge in [-0.25, -0.2) is 4.98 Å². The number of rotatable bonds is 3. The first-order valence-electron chi connectivity index (χ1n) is 10.4. The Hall–Kier alpha value is -4.19. The summed E-state index contributed by atoms with van der Waals surface area (Å²) < 4.78 is 1.50. The molecule has 0 unspecified atom stereocenters. The first kappa shape index (κ1) is 19.8. The number of aromatic nitrogens is 2. The molecule has 2 N–H and O–H groups in total. The molecule has 1 aliphatic rings. The number of nitrogens with one attached hydrogen (secondary N) is 1. The molecular weight excluding hydrogens is 402 g/mol. The van der Waals surface area contributed by atoms with Crippen LogP contribution in [0, 0.1) is 0 Å². The molecule has 1 amide bonds. The number of para-hydroxylation sites is 2. The highest BCUT2D eigenvalue weighted by Crippen LogP contribution is 2.42. The summed E-state index contributed by atoms with van der Waals surface area (Å²) in [7, 11) is 0. The first-order valence-corrected chi connectivity index (χ1v) is 10.4. The SMILES string of the molecule is CC(O)=C1c2nc3ccccc3n2C(=O)[C@@H](NC(=O)c2ccccc2)[C@@H]1c1ccccc1. The number of aliphatic hydroxyl groups is 1. The number of carbonyl (C=O) groups excluding carboxylic acids is 2. The van der Waals surface area contributed by atoms with Gasteiger partial charge < -0.3 is 10.4 Å². The fourth-order valence-electron chi connectivity index (χ4n) is 4.38. The minimum Gasteiger partial charge on any atom is -0.512 e. The largest absolute Gasteiger partial charge is 0.512 e. The summed E-state index contributed by atoms with van der Waals surface area (Å²) in [6, 6.07) is 24.6. The Morgan fingerprint density at radius 1 is 0.938 bits per heavy atom. The number of carbonyl (C=O) groups is 2. The molecule has 4 aromatic rings. The topological polar surface area (TPSA) is 84.2 Å². The molecule has 0 bridgehead atoms. The molecule has 1 aliphatic heterocycles. The number of benzene rings is 3. The van der Waals surface area contributed by atoms with E-state index in [9.17, 15) is 14.7 Å². The molecule has 0 spiro atoms.